The highest BCUT2D eigenvalue weighted by atomic mass is 16.4. The molecular formula is C30H56N12O10. The third kappa shape index (κ3) is 19.9. The largest absolute Gasteiger partial charge is 0.480 e. The second kappa shape index (κ2) is 25.0. The van der Waals surface area contributed by atoms with Gasteiger partial charge < -0.3 is 70.8 Å². The van der Waals surface area contributed by atoms with Gasteiger partial charge in [0.1, 0.15) is 30.2 Å². The number of carbonyl (C=O) groups is 8. The van der Waals surface area contributed by atoms with Gasteiger partial charge in [-0.3, -0.25) is 38.6 Å². The Morgan fingerprint density at radius 2 is 1.19 bits per heavy atom. The first kappa shape index (κ1) is 46.9. The topological polar surface area (TPSA) is 392 Å². The summed E-state index contributed by atoms with van der Waals surface area (Å²) in [5.41, 5.74) is 27.0. The van der Waals surface area contributed by atoms with Crippen LogP contribution in [0.4, 0.5) is 0 Å². The van der Waals surface area contributed by atoms with Crippen molar-refractivity contribution < 1.29 is 48.6 Å². The molecule has 0 aromatic carbocycles. The number of nitrogens with one attached hydrogen (secondary N) is 6. The Bertz CT molecular complexity index is 1260. The van der Waals surface area contributed by atoms with Crippen molar-refractivity contribution in [1.29, 1.82) is 0 Å². The van der Waals surface area contributed by atoms with Gasteiger partial charge in [0, 0.05) is 6.54 Å². The highest BCUT2D eigenvalue weighted by molar-refractivity contribution is 5.97. The predicted octanol–water partition coefficient (Wildman–Crippen LogP) is -5.95. The van der Waals surface area contributed by atoms with E-state index < -0.39 is 103 Å². The number of amides is 7. The number of aliphatic carboxylic acids is 1. The molecule has 0 aliphatic carbocycles. The average Bonchev–Trinajstić information content (AvgIpc) is 3.05. The Kier molecular flexibility index (Phi) is 22.5. The Labute approximate surface area is 301 Å². The molecule has 0 bridgehead atoms. The number of primary amides is 1. The van der Waals surface area contributed by atoms with Gasteiger partial charge in [-0.05, 0) is 57.9 Å². The number of rotatable bonds is 26. The third-order valence-electron chi connectivity index (χ3n) is 7.19. The lowest BCUT2D eigenvalue weighted by Gasteiger charge is -2.26. The molecule has 0 saturated heterocycles. The molecule has 7 amide bonds. The van der Waals surface area contributed by atoms with Crippen LogP contribution in [-0.2, 0) is 38.4 Å². The van der Waals surface area contributed by atoms with Crippen LogP contribution >= 0.6 is 0 Å². The van der Waals surface area contributed by atoms with E-state index in [-0.39, 0.29) is 50.7 Å². The number of hydrogen-bond acceptors (Lipinski definition) is 12. The molecule has 0 aromatic heterocycles. The first-order chi connectivity index (χ1) is 24.3. The minimum Gasteiger partial charge on any atom is -0.480 e. The van der Waals surface area contributed by atoms with Crippen molar-refractivity contribution in [1.82, 2.24) is 31.9 Å². The molecule has 0 radical (unpaired) electrons. The maximum absolute atomic E-state index is 13.4. The van der Waals surface area contributed by atoms with Gasteiger partial charge in [-0.25, -0.2) is 4.79 Å². The molecule has 0 rings (SSSR count). The van der Waals surface area contributed by atoms with Gasteiger partial charge in [-0.15, -0.1) is 0 Å². The molecule has 0 unspecified atom stereocenters. The normalized spacial score (nSPS) is 14.3. The fourth-order valence-corrected chi connectivity index (χ4v) is 4.49. The summed E-state index contributed by atoms with van der Waals surface area (Å²) in [6.07, 6.45) is 0.588. The molecule has 0 saturated carbocycles. The number of unbranched alkanes of at least 4 members (excludes halogenated alkanes) is 1. The fraction of sp³-hybridized carbons (Fsp3) is 0.700. The van der Waals surface area contributed by atoms with Gasteiger partial charge in [-0.2, -0.15) is 0 Å². The third-order valence-corrected chi connectivity index (χ3v) is 7.19. The van der Waals surface area contributed by atoms with E-state index in [0.29, 0.717) is 12.8 Å². The first-order valence-corrected chi connectivity index (χ1v) is 16.7. The highest BCUT2D eigenvalue weighted by Crippen LogP contribution is 2.09. The standard InChI is InChI=1S/C30H56N12O10/c1-15(2)11-19(27(49)40-18(7-4-5-9-31)26(48)42-21(14-43)29(51)52)41-28(50)20(12-22(33)44)38-23(45)13-37-25(47)17(39-24(46)16(3)32)8-6-10-36-30(34)35/h15-21,43H,4-14,31-32H2,1-3H3,(H2,33,44)(H,37,47)(H,38,45)(H,39,46)(H,40,49)(H,41,50)(H,42,48)(H,51,52)(H4,34,35,36)/t16-,17-,18-,19-,20-,21-/m0/s1. The van der Waals surface area contributed by atoms with E-state index >= 15 is 0 Å². The smallest absolute Gasteiger partial charge is 0.328 e. The minimum atomic E-state index is -1.63. The number of carbonyl (C=O) groups excluding carboxylic acids is 7. The van der Waals surface area contributed by atoms with E-state index in [9.17, 15) is 48.6 Å². The molecule has 0 aliphatic heterocycles. The molecule has 18 N–H and O–H groups in total. The number of nitrogens with two attached hydrogens (primary N) is 5. The minimum absolute atomic E-state index is 0.0358. The molecule has 52 heavy (non-hydrogen) atoms. The Morgan fingerprint density at radius 1 is 0.673 bits per heavy atom. The molecule has 0 spiro atoms. The summed E-state index contributed by atoms with van der Waals surface area (Å²) in [4.78, 5) is 105. The van der Waals surface area contributed by atoms with Gasteiger partial charge in [0.05, 0.1) is 25.6 Å². The summed E-state index contributed by atoms with van der Waals surface area (Å²) in [5, 5.41) is 32.7. The summed E-state index contributed by atoms with van der Waals surface area (Å²) in [6.45, 7) is 3.73. The van der Waals surface area contributed by atoms with Gasteiger partial charge in [0.15, 0.2) is 5.96 Å². The van der Waals surface area contributed by atoms with Crippen LogP contribution in [0, 0.1) is 5.92 Å². The summed E-state index contributed by atoms with van der Waals surface area (Å²) in [6, 6.07) is -7.86. The Balaban J connectivity index is 5.84. The maximum Gasteiger partial charge on any atom is 0.328 e. The van der Waals surface area contributed by atoms with Crippen LogP contribution in [0.3, 0.4) is 0 Å². The second-order valence-electron chi connectivity index (χ2n) is 12.4. The van der Waals surface area contributed by atoms with Crippen molar-refractivity contribution in [3.8, 4) is 0 Å². The van der Waals surface area contributed by atoms with Crippen molar-refractivity contribution in [2.24, 2.45) is 39.6 Å². The van der Waals surface area contributed by atoms with Gasteiger partial charge >= 0.3 is 5.97 Å². The molecule has 0 aromatic rings. The van der Waals surface area contributed by atoms with Crippen LogP contribution in [0.2, 0.25) is 0 Å². The van der Waals surface area contributed by atoms with Gasteiger partial charge in [0.2, 0.25) is 41.4 Å². The van der Waals surface area contributed by atoms with Crippen LogP contribution in [-0.4, -0.2) is 126 Å². The maximum atomic E-state index is 13.4. The molecule has 296 valence electrons. The summed E-state index contributed by atoms with van der Waals surface area (Å²) >= 11 is 0. The van der Waals surface area contributed by atoms with Crippen LogP contribution in [0.5, 0.6) is 0 Å². The fourth-order valence-electron chi connectivity index (χ4n) is 4.49. The van der Waals surface area contributed by atoms with E-state index in [4.69, 9.17) is 28.7 Å². The number of guanidine groups is 1. The first-order valence-electron chi connectivity index (χ1n) is 16.7. The molecule has 0 aliphatic rings. The number of aliphatic hydroxyl groups is 1. The van der Waals surface area contributed by atoms with Crippen LogP contribution < -0.4 is 60.6 Å². The number of aliphatic hydroxyl groups excluding tert-OH is 1. The number of aliphatic imine (C=N–C) groups is 1. The van der Waals surface area contributed by atoms with E-state index in [1.54, 1.807) is 13.8 Å². The quantitative estimate of drug-likeness (QED) is 0.0223. The summed E-state index contributed by atoms with van der Waals surface area (Å²) in [5.74, 6) is -7.88. The zero-order chi connectivity index (χ0) is 40.0. The van der Waals surface area contributed by atoms with Crippen molar-refractivity contribution in [3.05, 3.63) is 0 Å². The highest BCUT2D eigenvalue weighted by Gasteiger charge is 2.32. The molecule has 0 heterocycles. The van der Waals surface area contributed by atoms with Crippen molar-refractivity contribution >= 4 is 53.3 Å². The average molecular weight is 745 g/mol. The lowest BCUT2D eigenvalue weighted by atomic mass is 10.0. The van der Waals surface area contributed by atoms with Crippen LogP contribution in [0.15, 0.2) is 4.99 Å². The van der Waals surface area contributed by atoms with E-state index in [1.807, 2.05) is 0 Å². The number of hydrogen-bond donors (Lipinski definition) is 13. The number of carboxylic acids is 1. The van der Waals surface area contributed by atoms with Crippen molar-refractivity contribution in [2.45, 2.75) is 102 Å². The lowest BCUT2D eigenvalue weighted by molar-refractivity contribution is -0.143. The van der Waals surface area contributed by atoms with E-state index in [0.717, 1.165) is 0 Å². The predicted molar refractivity (Wildman–Crippen MR) is 187 cm³/mol. The van der Waals surface area contributed by atoms with E-state index in [2.05, 4.69) is 36.9 Å². The second-order valence-corrected chi connectivity index (χ2v) is 12.4. The molecule has 6 atom stereocenters. The van der Waals surface area contributed by atoms with Gasteiger partial charge in [-0.1, -0.05) is 13.8 Å². The van der Waals surface area contributed by atoms with Crippen LogP contribution in [0.1, 0.15) is 65.7 Å². The summed E-state index contributed by atoms with van der Waals surface area (Å²) < 4.78 is 0. The van der Waals surface area contributed by atoms with Crippen molar-refractivity contribution in [3.63, 3.8) is 0 Å². The molecule has 0 fully saturated rings. The Morgan fingerprint density at radius 3 is 1.71 bits per heavy atom. The van der Waals surface area contributed by atoms with E-state index in [1.165, 1.54) is 6.92 Å². The monoisotopic (exact) mass is 744 g/mol. The van der Waals surface area contributed by atoms with Crippen molar-refractivity contribution in [2.75, 3.05) is 26.2 Å². The molecule has 22 heteroatoms. The Hall–Kier alpha value is -5.09. The number of carboxylic acid groups (broad SMARTS) is 1. The SMILES string of the molecule is CC(C)C[C@H](NC(=O)[C@H](CC(N)=O)NC(=O)CNC(=O)[C@H](CCCN=C(N)N)NC(=O)[C@H](C)N)C(=O)N[C@@H](CCCCN)C(=O)N[C@@H](CO)C(=O)O. The summed E-state index contributed by atoms with van der Waals surface area (Å²) in [7, 11) is 0. The van der Waals surface area contributed by atoms with Crippen LogP contribution in [0.25, 0.3) is 0 Å². The zero-order valence-corrected chi connectivity index (χ0v) is 29.8. The van der Waals surface area contributed by atoms with Gasteiger partial charge in [0.25, 0.3) is 0 Å². The zero-order valence-electron chi connectivity index (χ0n) is 29.8. The lowest BCUT2D eigenvalue weighted by Crippen LogP contribution is -2.59. The molecule has 22 nitrogen and oxygen atoms in total. The number of nitrogens with zero attached hydrogens (tertiary/aromatic N) is 1. The molecular weight excluding hydrogens is 688 g/mol.